The van der Waals surface area contributed by atoms with E-state index >= 15 is 0 Å². The summed E-state index contributed by atoms with van der Waals surface area (Å²) in [4.78, 5) is 43.7. The normalized spacial score (nSPS) is 10.7. The highest BCUT2D eigenvalue weighted by Gasteiger charge is 2.16. The fraction of sp³-hybridized carbons (Fsp3) is 0.0833. The minimum absolute atomic E-state index is 0.0267. The third-order valence-corrected chi connectivity index (χ3v) is 6.72. The van der Waals surface area contributed by atoms with Gasteiger partial charge in [-0.1, -0.05) is 66.4 Å². The van der Waals surface area contributed by atoms with Crippen LogP contribution in [0, 0.1) is 0 Å². The molecule has 0 saturated heterocycles. The summed E-state index contributed by atoms with van der Waals surface area (Å²) >= 11 is 2.55. The third kappa shape index (κ3) is 5.21. The maximum atomic E-state index is 13.1. The molecule has 2 heterocycles. The first-order valence-corrected chi connectivity index (χ1v) is 11.8. The van der Waals surface area contributed by atoms with Gasteiger partial charge in [0.15, 0.2) is 5.16 Å². The molecule has 33 heavy (non-hydrogen) atoms. The van der Waals surface area contributed by atoms with Gasteiger partial charge in [0.25, 0.3) is 11.5 Å². The van der Waals surface area contributed by atoms with Crippen LogP contribution in [0.1, 0.15) is 10.4 Å². The van der Waals surface area contributed by atoms with Gasteiger partial charge in [0.2, 0.25) is 5.91 Å². The molecule has 0 atom stereocenters. The van der Waals surface area contributed by atoms with Gasteiger partial charge in [-0.05, 0) is 23.8 Å². The van der Waals surface area contributed by atoms with Gasteiger partial charge in [-0.25, -0.2) is 4.98 Å². The van der Waals surface area contributed by atoms with Crippen molar-refractivity contribution in [3.8, 4) is 10.4 Å². The summed E-state index contributed by atoms with van der Waals surface area (Å²) in [6, 6.07) is 20.2. The zero-order valence-corrected chi connectivity index (χ0v) is 19.1. The lowest BCUT2D eigenvalue weighted by Gasteiger charge is -2.10. The van der Waals surface area contributed by atoms with Crippen LogP contribution in [0.5, 0.6) is 0 Å². The van der Waals surface area contributed by atoms with Crippen molar-refractivity contribution in [2.24, 2.45) is 0 Å². The van der Waals surface area contributed by atoms with E-state index in [4.69, 9.17) is 0 Å². The standard InChI is InChI=1S/C24H20N4O3S2/c1-2-13-28-23(31)18-14-19(16-9-5-3-6-10-16)33-22(18)25-24(28)32-15-20(29)26-27-21(30)17-11-7-4-8-12-17/h2-12,14H,1,13,15H2,(H,26,29)(H,27,30). The maximum Gasteiger partial charge on any atom is 0.269 e. The summed E-state index contributed by atoms with van der Waals surface area (Å²) in [5.41, 5.74) is 6.04. The lowest BCUT2D eigenvalue weighted by molar-refractivity contribution is -0.119. The smallest absolute Gasteiger partial charge is 0.269 e. The summed E-state index contributed by atoms with van der Waals surface area (Å²) in [7, 11) is 0. The highest BCUT2D eigenvalue weighted by Crippen LogP contribution is 2.32. The number of aromatic nitrogens is 2. The van der Waals surface area contributed by atoms with Crippen LogP contribution < -0.4 is 16.4 Å². The molecule has 7 nitrogen and oxygen atoms in total. The SMILES string of the molecule is C=CCn1c(SCC(=O)NNC(=O)c2ccccc2)nc2sc(-c3ccccc3)cc2c1=O. The number of thiophene rings is 1. The Bertz CT molecular complexity index is 1370. The van der Waals surface area contributed by atoms with Gasteiger partial charge in [-0.3, -0.25) is 29.8 Å². The molecule has 4 rings (SSSR count). The molecule has 2 aromatic carbocycles. The second-order valence-electron chi connectivity index (χ2n) is 6.95. The van der Waals surface area contributed by atoms with Gasteiger partial charge in [0.05, 0.1) is 11.1 Å². The maximum absolute atomic E-state index is 13.1. The molecular weight excluding hydrogens is 456 g/mol. The summed E-state index contributed by atoms with van der Waals surface area (Å²) < 4.78 is 1.50. The highest BCUT2D eigenvalue weighted by molar-refractivity contribution is 7.99. The number of nitrogens with one attached hydrogen (secondary N) is 2. The first-order chi connectivity index (χ1) is 16.1. The molecule has 0 spiro atoms. The first-order valence-electron chi connectivity index (χ1n) is 10.0. The summed E-state index contributed by atoms with van der Waals surface area (Å²) in [6.45, 7) is 3.99. The number of hydrogen-bond acceptors (Lipinski definition) is 6. The Kier molecular flexibility index (Phi) is 7.01. The number of hydrazine groups is 1. The van der Waals surface area contributed by atoms with Crippen LogP contribution in [0.25, 0.3) is 20.7 Å². The van der Waals surface area contributed by atoms with Crippen molar-refractivity contribution in [3.63, 3.8) is 0 Å². The Morgan fingerprint density at radius 2 is 1.76 bits per heavy atom. The molecule has 0 aliphatic rings. The molecule has 2 N–H and O–H groups in total. The number of hydrogen-bond donors (Lipinski definition) is 2. The van der Waals surface area contributed by atoms with E-state index < -0.39 is 11.8 Å². The molecule has 2 aromatic heterocycles. The van der Waals surface area contributed by atoms with E-state index in [0.717, 1.165) is 22.2 Å². The second-order valence-corrected chi connectivity index (χ2v) is 8.92. The summed E-state index contributed by atoms with van der Waals surface area (Å²) in [5, 5.41) is 0.947. The number of nitrogens with zero attached hydrogens (tertiary/aromatic N) is 2. The van der Waals surface area contributed by atoms with Gasteiger partial charge in [-0.2, -0.15) is 0 Å². The van der Waals surface area contributed by atoms with Crippen LogP contribution in [-0.4, -0.2) is 27.1 Å². The van der Waals surface area contributed by atoms with Gasteiger partial charge >= 0.3 is 0 Å². The number of amides is 2. The van der Waals surface area contributed by atoms with E-state index in [0.29, 0.717) is 20.9 Å². The molecule has 0 fully saturated rings. The molecule has 9 heteroatoms. The fourth-order valence-electron chi connectivity index (χ4n) is 3.10. The molecular formula is C24H20N4O3S2. The van der Waals surface area contributed by atoms with Gasteiger partial charge in [-0.15, -0.1) is 17.9 Å². The highest BCUT2D eigenvalue weighted by atomic mass is 32.2. The van der Waals surface area contributed by atoms with Crippen LogP contribution in [0.3, 0.4) is 0 Å². The van der Waals surface area contributed by atoms with Crippen molar-refractivity contribution < 1.29 is 9.59 Å². The van der Waals surface area contributed by atoms with E-state index in [1.807, 2.05) is 36.4 Å². The summed E-state index contributed by atoms with van der Waals surface area (Å²) in [6.07, 6.45) is 1.61. The van der Waals surface area contributed by atoms with E-state index in [1.54, 1.807) is 36.4 Å². The quantitative estimate of drug-likeness (QED) is 0.183. The van der Waals surface area contributed by atoms with Gasteiger partial charge < -0.3 is 0 Å². The number of thioether (sulfide) groups is 1. The molecule has 0 aliphatic carbocycles. The van der Waals surface area contributed by atoms with Crippen molar-refractivity contribution in [1.29, 1.82) is 0 Å². The van der Waals surface area contributed by atoms with E-state index in [9.17, 15) is 14.4 Å². The van der Waals surface area contributed by atoms with Crippen molar-refractivity contribution in [1.82, 2.24) is 20.4 Å². The van der Waals surface area contributed by atoms with E-state index in [2.05, 4.69) is 22.4 Å². The number of rotatable bonds is 7. The van der Waals surface area contributed by atoms with Crippen molar-refractivity contribution >= 4 is 45.1 Å². The minimum atomic E-state index is -0.417. The monoisotopic (exact) mass is 476 g/mol. The van der Waals surface area contributed by atoms with E-state index in [1.165, 1.54) is 15.9 Å². The molecule has 0 aliphatic heterocycles. The summed E-state index contributed by atoms with van der Waals surface area (Å²) in [5.74, 6) is -0.856. The minimum Gasteiger partial charge on any atom is -0.283 e. The molecule has 0 unspecified atom stereocenters. The molecule has 4 aromatic rings. The van der Waals surface area contributed by atoms with Gasteiger partial charge in [0.1, 0.15) is 4.83 Å². The molecule has 166 valence electrons. The number of carbonyl (C=O) groups is 2. The zero-order valence-electron chi connectivity index (χ0n) is 17.5. The van der Waals surface area contributed by atoms with Crippen LogP contribution in [-0.2, 0) is 11.3 Å². The Labute approximate surface area is 198 Å². The molecule has 0 bridgehead atoms. The molecule has 0 radical (unpaired) electrons. The largest absolute Gasteiger partial charge is 0.283 e. The lowest BCUT2D eigenvalue weighted by Crippen LogP contribution is -2.42. The molecule has 2 amide bonds. The topological polar surface area (TPSA) is 93.1 Å². The Hall–Kier alpha value is -3.69. The fourth-order valence-corrected chi connectivity index (χ4v) is 4.98. The van der Waals surface area contributed by atoms with Crippen LogP contribution in [0.15, 0.2) is 89.3 Å². The number of benzene rings is 2. The predicted octanol–water partition coefficient (Wildman–Crippen LogP) is 3.86. The van der Waals surface area contributed by atoms with Crippen molar-refractivity contribution in [2.45, 2.75) is 11.7 Å². The lowest BCUT2D eigenvalue weighted by atomic mass is 10.2. The van der Waals surface area contributed by atoms with Crippen molar-refractivity contribution in [3.05, 3.63) is 95.3 Å². The third-order valence-electron chi connectivity index (χ3n) is 4.67. The van der Waals surface area contributed by atoms with Crippen LogP contribution in [0.4, 0.5) is 0 Å². The Morgan fingerprint density at radius 1 is 1.06 bits per heavy atom. The zero-order chi connectivity index (χ0) is 23.2. The number of carbonyl (C=O) groups excluding carboxylic acids is 2. The Balaban J connectivity index is 1.51. The van der Waals surface area contributed by atoms with Crippen LogP contribution in [0.2, 0.25) is 0 Å². The first kappa shape index (κ1) is 22.5. The van der Waals surface area contributed by atoms with E-state index in [-0.39, 0.29) is 17.9 Å². The Morgan fingerprint density at radius 3 is 2.45 bits per heavy atom. The predicted molar refractivity (Wildman–Crippen MR) is 132 cm³/mol. The number of allylic oxidation sites excluding steroid dienone is 1. The van der Waals surface area contributed by atoms with Gasteiger partial charge in [0, 0.05) is 17.0 Å². The second kappa shape index (κ2) is 10.3. The average Bonchev–Trinajstić information content (AvgIpc) is 3.29. The van der Waals surface area contributed by atoms with Crippen LogP contribution >= 0.6 is 23.1 Å². The van der Waals surface area contributed by atoms with Crippen molar-refractivity contribution in [2.75, 3.05) is 5.75 Å². The average molecular weight is 477 g/mol. The number of fused-ring (bicyclic) bond motifs is 1. The molecule has 0 saturated carbocycles.